The van der Waals surface area contributed by atoms with Gasteiger partial charge in [0.2, 0.25) is 11.8 Å². The van der Waals surface area contributed by atoms with Crippen molar-refractivity contribution in [3.63, 3.8) is 0 Å². The molecule has 0 radical (unpaired) electrons. The number of aliphatic carboxylic acids is 1. The number of nitrogens with zero attached hydrogens (tertiary/aromatic N) is 5. The van der Waals surface area contributed by atoms with Gasteiger partial charge in [-0.05, 0) is 70.7 Å². The van der Waals surface area contributed by atoms with Crippen molar-refractivity contribution in [3.05, 3.63) is 48.8 Å². The van der Waals surface area contributed by atoms with Gasteiger partial charge in [0.05, 0.1) is 19.3 Å². The van der Waals surface area contributed by atoms with E-state index < -0.39 is 53.1 Å². The van der Waals surface area contributed by atoms with Crippen molar-refractivity contribution in [1.29, 1.82) is 0 Å². The molecular formula is C35H44N8O7. The Hall–Kier alpha value is -5.21. The number of benzene rings is 1. The smallest absolute Gasteiger partial charge is 0.408 e. The molecule has 2 aromatic heterocycles. The number of hydrogen-bond acceptors (Lipinski definition) is 9. The average molecular weight is 689 g/mol. The van der Waals surface area contributed by atoms with Crippen LogP contribution >= 0.6 is 0 Å². The van der Waals surface area contributed by atoms with Crippen LogP contribution < -0.4 is 15.4 Å². The molecule has 0 bridgehead atoms. The van der Waals surface area contributed by atoms with Gasteiger partial charge in [0, 0.05) is 36.2 Å². The molecule has 0 spiro atoms. The zero-order valence-corrected chi connectivity index (χ0v) is 28.7. The Labute approximate surface area is 289 Å². The van der Waals surface area contributed by atoms with Crippen LogP contribution in [0.4, 0.5) is 4.79 Å². The normalized spacial score (nSPS) is 25.8. The number of rotatable bonds is 6. The maximum Gasteiger partial charge on any atom is 0.408 e. The van der Waals surface area contributed by atoms with Gasteiger partial charge >= 0.3 is 12.1 Å². The van der Waals surface area contributed by atoms with E-state index in [1.54, 1.807) is 40.3 Å². The van der Waals surface area contributed by atoms with Crippen LogP contribution in [-0.4, -0.2) is 96.0 Å². The van der Waals surface area contributed by atoms with Gasteiger partial charge in [-0.3, -0.25) is 14.7 Å². The van der Waals surface area contributed by atoms with Gasteiger partial charge in [-0.15, -0.1) is 0 Å². The van der Waals surface area contributed by atoms with Gasteiger partial charge in [-0.2, -0.15) is 20.1 Å². The van der Waals surface area contributed by atoms with Crippen molar-refractivity contribution in [3.8, 4) is 28.3 Å². The van der Waals surface area contributed by atoms with Crippen LogP contribution in [0.1, 0.15) is 71.8 Å². The first-order chi connectivity index (χ1) is 23.9. The van der Waals surface area contributed by atoms with Crippen LogP contribution in [-0.2, 0) is 19.1 Å². The minimum absolute atomic E-state index is 0.0500. The van der Waals surface area contributed by atoms with Gasteiger partial charge in [0.25, 0.3) is 0 Å². The van der Waals surface area contributed by atoms with Crippen molar-refractivity contribution >= 4 is 23.9 Å². The summed E-state index contributed by atoms with van der Waals surface area (Å²) in [7, 11) is 1.59. The number of nitrogens with one attached hydrogen (secondary N) is 3. The number of carboxylic acid groups (broad SMARTS) is 1. The Bertz CT molecular complexity index is 1750. The monoisotopic (exact) mass is 688 g/mol. The molecule has 6 rings (SSSR count). The van der Waals surface area contributed by atoms with Gasteiger partial charge in [-0.25, -0.2) is 9.59 Å². The molecule has 2 aliphatic heterocycles. The average Bonchev–Trinajstić information content (AvgIpc) is 3.52. The molecule has 4 N–H and O–H groups in total. The van der Waals surface area contributed by atoms with E-state index in [-0.39, 0.29) is 25.3 Å². The van der Waals surface area contributed by atoms with Crippen molar-refractivity contribution < 1.29 is 33.8 Å². The summed E-state index contributed by atoms with van der Waals surface area (Å²) in [6, 6.07) is 4.80. The minimum Gasteiger partial charge on any atom is -0.497 e. The van der Waals surface area contributed by atoms with Gasteiger partial charge < -0.3 is 30.1 Å². The largest absolute Gasteiger partial charge is 0.497 e. The van der Waals surface area contributed by atoms with E-state index in [0.717, 1.165) is 24.8 Å². The number of hydrogen-bond donors (Lipinski definition) is 4. The number of ether oxygens (including phenoxy) is 2. The molecule has 50 heavy (non-hydrogen) atoms. The molecule has 2 fully saturated rings. The summed E-state index contributed by atoms with van der Waals surface area (Å²) < 4.78 is 10.8. The third-order valence-electron chi connectivity index (χ3n) is 9.42. The van der Waals surface area contributed by atoms with Crippen LogP contribution in [0.2, 0.25) is 0 Å². The quantitative estimate of drug-likeness (QED) is 0.276. The van der Waals surface area contributed by atoms with Crippen LogP contribution in [0, 0.1) is 5.92 Å². The third kappa shape index (κ3) is 7.36. The van der Waals surface area contributed by atoms with E-state index >= 15 is 0 Å². The van der Waals surface area contributed by atoms with Crippen LogP contribution in [0.25, 0.3) is 22.5 Å². The molecule has 3 aromatic rings. The van der Waals surface area contributed by atoms with Crippen LogP contribution in [0.15, 0.2) is 48.8 Å². The van der Waals surface area contributed by atoms with E-state index in [9.17, 15) is 24.3 Å². The van der Waals surface area contributed by atoms with E-state index in [1.807, 2.05) is 36.4 Å². The van der Waals surface area contributed by atoms with Crippen LogP contribution in [0.3, 0.4) is 0 Å². The second-order valence-electron chi connectivity index (χ2n) is 14.2. The van der Waals surface area contributed by atoms with Crippen molar-refractivity contribution in [1.82, 2.24) is 40.7 Å². The molecule has 5 atom stereocenters. The fourth-order valence-electron chi connectivity index (χ4n) is 6.70. The predicted octanol–water partition coefficient (Wildman–Crippen LogP) is 3.86. The Balaban J connectivity index is 1.35. The molecule has 0 unspecified atom stereocenters. The Morgan fingerprint density at radius 2 is 1.80 bits per heavy atom. The summed E-state index contributed by atoms with van der Waals surface area (Å²) in [6.07, 6.45) is 10.2. The lowest BCUT2D eigenvalue weighted by atomic mass is 10.0. The first kappa shape index (κ1) is 34.6. The maximum atomic E-state index is 14.4. The van der Waals surface area contributed by atoms with E-state index in [4.69, 9.17) is 19.7 Å². The van der Waals surface area contributed by atoms with E-state index in [0.29, 0.717) is 35.5 Å². The summed E-state index contributed by atoms with van der Waals surface area (Å²) in [4.78, 5) is 56.8. The SMILES string of the molecule is COc1ccc(-c2nn([C@H]3C[C@H]4C(=O)N[C@]5(C(=O)O)C[C@H]5C=CCCCCC[C@H](NC(=O)OC(C)(C)C)C(=O)N4C3)nc2-c2cn[nH]c2)cc1. The summed E-state index contributed by atoms with van der Waals surface area (Å²) in [6.45, 7) is 5.27. The second kappa shape index (κ2) is 14.0. The molecule has 1 aliphatic carbocycles. The number of carbonyl (C=O) groups excluding carboxylic acids is 3. The summed E-state index contributed by atoms with van der Waals surface area (Å²) in [5, 5.41) is 32.3. The zero-order valence-electron chi connectivity index (χ0n) is 28.7. The fraction of sp³-hybridized carbons (Fsp3) is 0.514. The fourth-order valence-corrected chi connectivity index (χ4v) is 6.70. The first-order valence-corrected chi connectivity index (χ1v) is 17.0. The highest BCUT2D eigenvalue weighted by Gasteiger charge is 2.61. The predicted molar refractivity (Wildman–Crippen MR) is 181 cm³/mol. The number of carboxylic acids is 1. The van der Waals surface area contributed by atoms with Crippen molar-refractivity contribution in [2.45, 2.75) is 95.0 Å². The zero-order chi connectivity index (χ0) is 35.6. The standard InChI is InChI=1S/C35H44N8O7/c1-34(2,3)50-33(48)38-26-11-9-7-5-6-8-10-23-17-35(23,32(46)47)39-30(44)27-16-24(20-42(27)31(26)45)43-40-28(21-12-14-25(49-4)15-13-21)29(41-43)22-18-36-37-19-22/h8,10,12-15,18-19,23-24,26-27H,5-7,9,11,16-17,20H2,1-4H3,(H,36,37)(H,38,48)(H,39,44)(H,46,47)/t23-,24+,26+,27+,35-/m1/s1. The molecule has 15 heteroatoms. The lowest BCUT2D eigenvalue weighted by molar-refractivity contribution is -0.145. The molecule has 266 valence electrons. The number of aromatic amines is 1. The number of fused-ring (bicyclic) bond motifs is 2. The number of alkyl carbamates (subject to hydrolysis) is 1. The number of H-pyrrole nitrogens is 1. The topological polar surface area (TPSA) is 194 Å². The number of allylic oxidation sites excluding steroid dienone is 1. The van der Waals surface area contributed by atoms with Crippen molar-refractivity contribution in [2.75, 3.05) is 13.7 Å². The third-order valence-corrected chi connectivity index (χ3v) is 9.42. The summed E-state index contributed by atoms with van der Waals surface area (Å²) in [5.41, 5.74) is 0.345. The molecular weight excluding hydrogens is 644 g/mol. The molecule has 3 aliphatic rings. The Morgan fingerprint density at radius 3 is 2.46 bits per heavy atom. The number of aromatic nitrogens is 5. The molecule has 1 saturated heterocycles. The second-order valence-corrected chi connectivity index (χ2v) is 14.2. The number of amides is 3. The lowest BCUT2D eigenvalue weighted by Crippen LogP contribution is -2.56. The molecule has 15 nitrogen and oxygen atoms in total. The van der Waals surface area contributed by atoms with Gasteiger partial charge in [0.15, 0.2) is 0 Å². The van der Waals surface area contributed by atoms with Gasteiger partial charge in [-0.1, -0.05) is 25.0 Å². The van der Waals surface area contributed by atoms with Crippen molar-refractivity contribution in [2.24, 2.45) is 5.92 Å². The highest BCUT2D eigenvalue weighted by Crippen LogP contribution is 2.45. The minimum atomic E-state index is -1.45. The van der Waals surface area contributed by atoms with Gasteiger partial charge in [0.1, 0.15) is 40.4 Å². The Morgan fingerprint density at radius 1 is 1.06 bits per heavy atom. The van der Waals surface area contributed by atoms with Crippen LogP contribution in [0.5, 0.6) is 5.75 Å². The maximum absolute atomic E-state index is 14.4. The van der Waals surface area contributed by atoms with E-state index in [1.165, 1.54) is 9.70 Å². The highest BCUT2D eigenvalue weighted by atomic mass is 16.6. The lowest BCUT2D eigenvalue weighted by Gasteiger charge is -2.30. The molecule has 3 amide bonds. The number of carbonyl (C=O) groups is 4. The number of methoxy groups -OCH3 is 1. The molecule has 1 saturated carbocycles. The summed E-state index contributed by atoms with van der Waals surface area (Å²) in [5.74, 6) is -1.83. The highest BCUT2D eigenvalue weighted by molar-refractivity contribution is 5.96. The molecule has 4 heterocycles. The Kier molecular flexibility index (Phi) is 9.67. The molecule has 1 aromatic carbocycles. The first-order valence-electron chi connectivity index (χ1n) is 17.0. The summed E-state index contributed by atoms with van der Waals surface area (Å²) >= 11 is 0. The van der Waals surface area contributed by atoms with E-state index in [2.05, 4.69) is 20.8 Å².